The molecule has 0 N–H and O–H groups in total. The monoisotopic (exact) mass is 678 g/mol. The summed E-state index contributed by atoms with van der Waals surface area (Å²) in [6.07, 6.45) is 6.46. The molecule has 0 aliphatic heterocycles. The molecule has 10 aromatic rings. The number of hydrogen-bond donors (Lipinski definition) is 0. The summed E-state index contributed by atoms with van der Waals surface area (Å²) in [5, 5.41) is 12.9. The minimum atomic E-state index is 1.15. The van der Waals surface area contributed by atoms with Crippen LogP contribution in [-0.4, -0.2) is 0 Å². The predicted octanol–water partition coefficient (Wildman–Crippen LogP) is 15.3. The van der Waals surface area contributed by atoms with Crippen LogP contribution in [0.5, 0.6) is 0 Å². The Morgan fingerprint density at radius 2 is 0.865 bits per heavy atom. The largest absolute Gasteiger partial charge is 0.135 e. The van der Waals surface area contributed by atoms with Crippen LogP contribution in [0.2, 0.25) is 0 Å². The maximum Gasteiger partial charge on any atom is 0.0362 e. The van der Waals surface area contributed by atoms with E-state index in [9.17, 15) is 0 Å². The topological polar surface area (TPSA) is 0 Å². The average molecular weight is 679 g/mol. The number of allylic oxidation sites excluding steroid dienone is 1. The van der Waals surface area contributed by atoms with Gasteiger partial charge in [-0.15, -0.1) is 11.3 Å². The van der Waals surface area contributed by atoms with Crippen molar-refractivity contribution in [3.63, 3.8) is 0 Å². The van der Waals surface area contributed by atoms with Crippen molar-refractivity contribution in [1.29, 1.82) is 0 Å². The Morgan fingerprint density at radius 3 is 1.48 bits per heavy atom. The van der Waals surface area contributed by atoms with Crippen molar-refractivity contribution in [2.45, 2.75) is 6.92 Å². The van der Waals surface area contributed by atoms with Gasteiger partial charge < -0.3 is 0 Å². The van der Waals surface area contributed by atoms with Crippen molar-refractivity contribution < 1.29 is 0 Å². The third-order valence-electron chi connectivity index (χ3n) is 10.7. The van der Waals surface area contributed by atoms with Crippen LogP contribution in [0.25, 0.3) is 109 Å². The summed E-state index contributed by atoms with van der Waals surface area (Å²) in [6.45, 7) is 6.52. The molecule has 9 aromatic carbocycles. The van der Waals surface area contributed by atoms with Crippen molar-refractivity contribution in [3.8, 4) is 33.4 Å². The molecule has 0 fully saturated rings. The maximum atomic E-state index is 4.41. The number of thiophene rings is 1. The van der Waals surface area contributed by atoms with Gasteiger partial charge in [-0.2, -0.15) is 0 Å². The molecule has 0 atom stereocenters. The van der Waals surface area contributed by atoms with Crippen LogP contribution in [0.1, 0.15) is 18.1 Å². The van der Waals surface area contributed by atoms with Crippen LogP contribution in [0, 0.1) is 0 Å². The minimum Gasteiger partial charge on any atom is -0.135 e. The third kappa shape index (κ3) is 4.67. The second-order valence-corrected chi connectivity index (χ2v) is 14.7. The Hall–Kier alpha value is -6.28. The lowest BCUT2D eigenvalue weighted by molar-refractivity contribution is 1.57. The molecule has 1 aromatic heterocycles. The molecule has 0 saturated carbocycles. The fraction of sp³-hybridized carbons (Fsp3) is 0.0196. The van der Waals surface area contributed by atoms with Gasteiger partial charge >= 0.3 is 0 Å². The van der Waals surface area contributed by atoms with Crippen molar-refractivity contribution in [2.24, 2.45) is 0 Å². The lowest BCUT2D eigenvalue weighted by atomic mass is 9.83. The van der Waals surface area contributed by atoms with Crippen LogP contribution < -0.4 is 0 Å². The third-order valence-corrected chi connectivity index (χ3v) is 11.9. The van der Waals surface area contributed by atoms with Gasteiger partial charge in [-0.3, -0.25) is 0 Å². The van der Waals surface area contributed by atoms with Crippen molar-refractivity contribution in [3.05, 3.63) is 182 Å². The van der Waals surface area contributed by atoms with E-state index >= 15 is 0 Å². The molecule has 0 radical (unpaired) electrons. The normalized spacial score (nSPS) is 11.9. The number of hydrogen-bond acceptors (Lipinski definition) is 1. The van der Waals surface area contributed by atoms with Gasteiger partial charge in [0.05, 0.1) is 0 Å². The Morgan fingerprint density at radius 1 is 0.385 bits per heavy atom. The highest BCUT2D eigenvalue weighted by molar-refractivity contribution is 7.25. The van der Waals surface area contributed by atoms with Crippen LogP contribution in [0.3, 0.4) is 0 Å². The molecule has 0 saturated heterocycles. The quantitative estimate of drug-likeness (QED) is 0.159. The van der Waals surface area contributed by atoms with Crippen molar-refractivity contribution in [2.75, 3.05) is 0 Å². The molecule has 1 heterocycles. The van der Waals surface area contributed by atoms with Gasteiger partial charge in [0, 0.05) is 20.2 Å². The second-order valence-electron chi connectivity index (χ2n) is 13.6. The van der Waals surface area contributed by atoms with E-state index in [1.54, 1.807) is 0 Å². The van der Waals surface area contributed by atoms with E-state index in [1.165, 1.54) is 102 Å². The number of benzene rings is 9. The highest BCUT2D eigenvalue weighted by Gasteiger charge is 2.20. The number of fused-ring (bicyclic) bond motifs is 10. The van der Waals surface area contributed by atoms with Crippen LogP contribution >= 0.6 is 11.3 Å². The molecule has 0 unspecified atom stereocenters. The Labute approximate surface area is 307 Å². The Bertz CT molecular complexity index is 3070. The molecule has 52 heavy (non-hydrogen) atoms. The first-order valence-corrected chi connectivity index (χ1v) is 18.7. The zero-order valence-corrected chi connectivity index (χ0v) is 29.7. The van der Waals surface area contributed by atoms with Crippen LogP contribution in [-0.2, 0) is 0 Å². The van der Waals surface area contributed by atoms with Gasteiger partial charge in [0.2, 0.25) is 0 Å². The summed E-state index contributed by atoms with van der Waals surface area (Å²) < 4.78 is 2.62. The summed E-state index contributed by atoms with van der Waals surface area (Å²) in [6, 6.07) is 58.1. The molecular weight excluding hydrogens is 645 g/mol. The molecule has 0 aliphatic carbocycles. The zero-order chi connectivity index (χ0) is 34.8. The van der Waals surface area contributed by atoms with Gasteiger partial charge in [0.15, 0.2) is 0 Å². The summed E-state index contributed by atoms with van der Waals surface area (Å²) in [7, 11) is 0. The fourth-order valence-corrected chi connectivity index (χ4v) is 9.55. The van der Waals surface area contributed by atoms with E-state index in [-0.39, 0.29) is 0 Å². The molecule has 1 heteroatoms. The van der Waals surface area contributed by atoms with E-state index < -0.39 is 0 Å². The smallest absolute Gasteiger partial charge is 0.0362 e. The van der Waals surface area contributed by atoms with Crippen LogP contribution in [0.15, 0.2) is 170 Å². The molecule has 244 valence electrons. The van der Waals surface area contributed by atoms with E-state index in [1.807, 2.05) is 11.3 Å². The van der Waals surface area contributed by atoms with E-state index in [4.69, 9.17) is 0 Å². The molecular formula is C51H34S. The molecule has 0 aliphatic rings. The van der Waals surface area contributed by atoms with Gasteiger partial charge in [-0.25, -0.2) is 0 Å². The number of rotatable bonds is 5. The fourth-order valence-electron chi connectivity index (χ4n) is 8.44. The van der Waals surface area contributed by atoms with Gasteiger partial charge in [-0.1, -0.05) is 158 Å². The lowest BCUT2D eigenvalue weighted by Gasteiger charge is -2.20. The van der Waals surface area contributed by atoms with E-state index in [0.717, 1.165) is 5.56 Å². The van der Waals surface area contributed by atoms with Crippen molar-refractivity contribution in [1.82, 2.24) is 0 Å². The minimum absolute atomic E-state index is 1.15. The molecule has 0 bridgehead atoms. The molecule has 0 amide bonds. The van der Waals surface area contributed by atoms with Gasteiger partial charge in [-0.05, 0) is 119 Å². The van der Waals surface area contributed by atoms with E-state index in [0.29, 0.717) is 0 Å². The average Bonchev–Trinajstić information content (AvgIpc) is 3.57. The summed E-state index contributed by atoms with van der Waals surface area (Å²) >= 11 is 1.89. The standard InChI is InChI=1S/C51H34S/c1-3-14-41-36(4-2)51(43-22-13-12-21-42(43)50(41)34-25-23-33(24-26-34)32-15-6-5-7-16-32)35-27-28-48-46(29-35)47-30-44-39-19-10-8-17-37(39)38-18-9-11-20-40(38)45(44)31-49(47)52-48/h3-31H,2H2,1H3/b14-3-. The first-order valence-electron chi connectivity index (χ1n) is 17.9. The molecule has 0 nitrogen and oxygen atoms in total. The molecule has 10 rings (SSSR count). The lowest BCUT2D eigenvalue weighted by Crippen LogP contribution is -1.96. The molecule has 0 spiro atoms. The van der Waals surface area contributed by atoms with Crippen LogP contribution in [0.4, 0.5) is 0 Å². The summed E-state index contributed by atoms with van der Waals surface area (Å²) in [5.74, 6) is 0. The van der Waals surface area contributed by atoms with Gasteiger partial charge in [0.25, 0.3) is 0 Å². The summed E-state index contributed by atoms with van der Waals surface area (Å²) in [5.41, 5.74) is 9.65. The van der Waals surface area contributed by atoms with Crippen molar-refractivity contribution >= 4 is 86.8 Å². The highest BCUT2D eigenvalue weighted by atomic mass is 32.1. The van der Waals surface area contributed by atoms with Gasteiger partial charge in [0.1, 0.15) is 0 Å². The first kappa shape index (κ1) is 30.5. The highest BCUT2D eigenvalue weighted by Crippen LogP contribution is 2.47. The SMILES string of the molecule is C=Cc1c(/C=C\C)c(-c2ccc(-c3ccccc3)cc2)c2ccccc2c1-c1ccc2sc3cc4c5ccccc5c5ccccc5c4cc3c2c1. The zero-order valence-electron chi connectivity index (χ0n) is 28.9. The second kappa shape index (κ2) is 12.2. The Kier molecular flexibility index (Phi) is 7.16. The predicted molar refractivity (Wildman–Crippen MR) is 230 cm³/mol. The maximum absolute atomic E-state index is 4.41. The Balaban J connectivity index is 1.22. The first-order chi connectivity index (χ1) is 25.7. The van der Waals surface area contributed by atoms with E-state index in [2.05, 4.69) is 189 Å². The summed E-state index contributed by atoms with van der Waals surface area (Å²) in [4.78, 5) is 0.